The predicted octanol–water partition coefficient (Wildman–Crippen LogP) is 1.47. The molecule has 1 aromatic carbocycles. The third kappa shape index (κ3) is 3.21. The molecule has 1 saturated heterocycles. The van der Waals surface area contributed by atoms with Crippen LogP contribution in [0, 0.1) is 0 Å². The Kier molecular flexibility index (Phi) is 4.84. The first-order valence-electron chi connectivity index (χ1n) is 7.57. The lowest BCUT2D eigenvalue weighted by molar-refractivity contribution is -0.134. The summed E-state index contributed by atoms with van der Waals surface area (Å²) in [5.74, 6) is -2.16. The fourth-order valence-corrected chi connectivity index (χ4v) is 3.71. The zero-order chi connectivity index (χ0) is 18.1. The Morgan fingerprint density at radius 2 is 1.79 bits per heavy atom. The molecule has 2 aliphatic rings. The maximum Gasteiger partial charge on any atom is 0.328 e. The van der Waals surface area contributed by atoms with Gasteiger partial charge in [-0.1, -0.05) is 13.0 Å². The molecular formula is C17H22N2O5. The van der Waals surface area contributed by atoms with Gasteiger partial charge in [0.05, 0.1) is 6.17 Å². The summed E-state index contributed by atoms with van der Waals surface area (Å²) in [5, 5.41) is 25.2. The number of fused-ring (bicyclic) bond motifs is 3. The maximum absolute atomic E-state index is 9.59. The van der Waals surface area contributed by atoms with Crippen molar-refractivity contribution in [2.24, 2.45) is 0 Å². The highest BCUT2D eigenvalue weighted by atomic mass is 16.4. The molecule has 2 heterocycles. The standard InChI is InChI=1S/C13H18N2O.C4H4O4/c1-13-6-7-14(2)12(13)15(3)11-8-9(16)4-5-10(11)13;5-3(6)1-2-4(7)8/h4-5,8,12,16H,6-7H2,1-3H3;1-2H,(H,5,6)(H,7,8)/b;2-1-. The number of carbonyl (C=O) groups is 2. The Morgan fingerprint density at radius 1 is 1.21 bits per heavy atom. The van der Waals surface area contributed by atoms with E-state index in [1.165, 1.54) is 17.7 Å². The number of hydrogen-bond acceptors (Lipinski definition) is 5. The Labute approximate surface area is 140 Å². The number of nitrogens with zero attached hydrogens (tertiary/aromatic N) is 2. The van der Waals surface area contributed by atoms with Gasteiger partial charge in [-0.2, -0.15) is 0 Å². The van der Waals surface area contributed by atoms with Gasteiger partial charge in [-0.15, -0.1) is 0 Å². The Hall–Kier alpha value is -2.54. The highest BCUT2D eigenvalue weighted by molar-refractivity contribution is 5.89. The normalized spacial score (nSPS) is 25.1. The molecule has 0 bridgehead atoms. The molecule has 2 atom stereocenters. The summed E-state index contributed by atoms with van der Waals surface area (Å²) in [7, 11) is 4.30. The lowest BCUT2D eigenvalue weighted by Gasteiger charge is -2.32. The number of carboxylic acid groups (broad SMARTS) is 2. The van der Waals surface area contributed by atoms with E-state index in [1.807, 2.05) is 6.07 Å². The fraction of sp³-hybridized carbons (Fsp3) is 0.412. The third-order valence-electron chi connectivity index (χ3n) is 4.68. The van der Waals surface area contributed by atoms with Gasteiger partial charge in [0.2, 0.25) is 0 Å². The van der Waals surface area contributed by atoms with Crippen LogP contribution in [0.2, 0.25) is 0 Å². The van der Waals surface area contributed by atoms with Gasteiger partial charge in [0.25, 0.3) is 0 Å². The molecule has 0 spiro atoms. The number of aromatic hydroxyl groups is 1. The first-order valence-corrected chi connectivity index (χ1v) is 7.57. The molecule has 2 unspecified atom stereocenters. The molecule has 0 radical (unpaired) electrons. The van der Waals surface area contributed by atoms with Crippen LogP contribution >= 0.6 is 0 Å². The largest absolute Gasteiger partial charge is 0.508 e. The topological polar surface area (TPSA) is 101 Å². The van der Waals surface area contributed by atoms with E-state index in [9.17, 15) is 14.7 Å². The van der Waals surface area contributed by atoms with Crippen molar-refractivity contribution in [3.63, 3.8) is 0 Å². The smallest absolute Gasteiger partial charge is 0.328 e. The van der Waals surface area contributed by atoms with E-state index in [2.05, 4.69) is 36.9 Å². The second kappa shape index (κ2) is 6.52. The average molecular weight is 334 g/mol. The summed E-state index contributed by atoms with van der Waals surface area (Å²) < 4.78 is 0. The van der Waals surface area contributed by atoms with Crippen LogP contribution in [0.1, 0.15) is 18.9 Å². The van der Waals surface area contributed by atoms with Crippen molar-refractivity contribution in [3.8, 4) is 5.75 Å². The van der Waals surface area contributed by atoms with Crippen LogP contribution in [0.5, 0.6) is 5.75 Å². The van der Waals surface area contributed by atoms with E-state index < -0.39 is 11.9 Å². The van der Waals surface area contributed by atoms with E-state index in [4.69, 9.17) is 10.2 Å². The zero-order valence-electron chi connectivity index (χ0n) is 13.9. The van der Waals surface area contributed by atoms with Crippen LogP contribution in [0.3, 0.4) is 0 Å². The number of likely N-dealkylation sites (tertiary alicyclic amines) is 1. The van der Waals surface area contributed by atoms with E-state index in [0.717, 1.165) is 6.54 Å². The van der Waals surface area contributed by atoms with Gasteiger partial charge < -0.3 is 20.2 Å². The minimum absolute atomic E-state index is 0.215. The van der Waals surface area contributed by atoms with Crippen molar-refractivity contribution in [2.45, 2.75) is 24.9 Å². The molecule has 24 heavy (non-hydrogen) atoms. The minimum Gasteiger partial charge on any atom is -0.508 e. The number of benzene rings is 1. The number of phenols is 1. The van der Waals surface area contributed by atoms with Gasteiger partial charge >= 0.3 is 11.9 Å². The SMILES string of the molecule is CN1CCC2(C)c3ccc(O)cc3N(C)C12.O=C(O)/C=C\C(=O)O. The van der Waals surface area contributed by atoms with Crippen molar-refractivity contribution in [1.82, 2.24) is 4.90 Å². The van der Waals surface area contributed by atoms with Gasteiger partial charge in [0, 0.05) is 42.9 Å². The van der Waals surface area contributed by atoms with Gasteiger partial charge in [0.15, 0.2) is 0 Å². The number of phenolic OH excluding ortho intramolecular Hbond substituents is 1. The van der Waals surface area contributed by atoms with Gasteiger partial charge in [-0.25, -0.2) is 9.59 Å². The van der Waals surface area contributed by atoms with Gasteiger partial charge in [-0.05, 0) is 25.1 Å². The number of hydrogen-bond donors (Lipinski definition) is 3. The third-order valence-corrected chi connectivity index (χ3v) is 4.68. The lowest BCUT2D eigenvalue weighted by Crippen LogP contribution is -2.45. The molecule has 0 aromatic heterocycles. The second-order valence-electron chi connectivity index (χ2n) is 6.34. The molecule has 3 N–H and O–H groups in total. The molecule has 0 amide bonds. The minimum atomic E-state index is -1.26. The molecule has 2 aliphatic heterocycles. The van der Waals surface area contributed by atoms with Crippen LogP contribution in [0.15, 0.2) is 30.4 Å². The summed E-state index contributed by atoms with van der Waals surface area (Å²) in [4.78, 5) is 23.8. The highest BCUT2D eigenvalue weighted by Crippen LogP contribution is 2.51. The quantitative estimate of drug-likeness (QED) is 0.704. The molecule has 0 saturated carbocycles. The first-order chi connectivity index (χ1) is 11.2. The molecule has 130 valence electrons. The van der Waals surface area contributed by atoms with Crippen molar-refractivity contribution in [3.05, 3.63) is 35.9 Å². The summed E-state index contributed by atoms with van der Waals surface area (Å²) in [5.41, 5.74) is 2.77. The Balaban J connectivity index is 0.000000224. The van der Waals surface area contributed by atoms with Gasteiger partial charge in [-0.3, -0.25) is 4.90 Å². The number of aliphatic carboxylic acids is 2. The summed E-state index contributed by atoms with van der Waals surface area (Å²) >= 11 is 0. The monoisotopic (exact) mass is 334 g/mol. The Morgan fingerprint density at radius 3 is 2.33 bits per heavy atom. The fourth-order valence-electron chi connectivity index (χ4n) is 3.71. The molecule has 7 nitrogen and oxygen atoms in total. The van der Waals surface area contributed by atoms with Crippen molar-refractivity contribution >= 4 is 17.6 Å². The summed E-state index contributed by atoms with van der Waals surface area (Å²) in [6.07, 6.45) is 2.74. The number of likely N-dealkylation sites (N-methyl/N-ethyl adjacent to an activating group) is 2. The second-order valence-corrected chi connectivity index (χ2v) is 6.34. The lowest BCUT2D eigenvalue weighted by atomic mass is 9.81. The molecule has 1 aromatic rings. The van der Waals surface area contributed by atoms with Crippen LogP contribution in [0.4, 0.5) is 5.69 Å². The van der Waals surface area contributed by atoms with E-state index in [0.29, 0.717) is 24.1 Å². The number of anilines is 1. The van der Waals surface area contributed by atoms with Crippen molar-refractivity contribution in [2.75, 3.05) is 25.5 Å². The highest BCUT2D eigenvalue weighted by Gasteiger charge is 2.52. The van der Waals surface area contributed by atoms with E-state index in [1.54, 1.807) is 6.07 Å². The average Bonchev–Trinajstić information content (AvgIpc) is 2.91. The van der Waals surface area contributed by atoms with Crippen molar-refractivity contribution < 1.29 is 24.9 Å². The predicted molar refractivity (Wildman–Crippen MR) is 89.3 cm³/mol. The molecule has 7 heteroatoms. The van der Waals surface area contributed by atoms with E-state index >= 15 is 0 Å². The van der Waals surface area contributed by atoms with Crippen LogP contribution in [-0.4, -0.2) is 59.0 Å². The van der Waals surface area contributed by atoms with Crippen LogP contribution < -0.4 is 4.90 Å². The van der Waals surface area contributed by atoms with Gasteiger partial charge in [0.1, 0.15) is 5.75 Å². The molecule has 1 fully saturated rings. The molecule has 3 rings (SSSR count). The summed E-state index contributed by atoms with van der Waals surface area (Å²) in [6, 6.07) is 5.77. The Bertz CT molecular complexity index is 672. The van der Waals surface area contributed by atoms with Crippen molar-refractivity contribution in [1.29, 1.82) is 0 Å². The van der Waals surface area contributed by atoms with Crippen LogP contribution in [-0.2, 0) is 15.0 Å². The first kappa shape index (κ1) is 17.8. The van der Waals surface area contributed by atoms with E-state index in [-0.39, 0.29) is 5.41 Å². The zero-order valence-corrected chi connectivity index (χ0v) is 13.9. The molecular weight excluding hydrogens is 312 g/mol. The summed E-state index contributed by atoms with van der Waals surface area (Å²) in [6.45, 7) is 3.48. The number of carboxylic acids is 2. The molecule has 0 aliphatic carbocycles. The maximum atomic E-state index is 9.59. The number of rotatable bonds is 2. The van der Waals surface area contributed by atoms with Crippen LogP contribution in [0.25, 0.3) is 0 Å².